The molecule has 0 fully saturated rings. The summed E-state index contributed by atoms with van der Waals surface area (Å²) in [6.45, 7) is 0.844. The first-order valence-electron chi connectivity index (χ1n) is 6.37. The quantitative estimate of drug-likeness (QED) is 0.825. The van der Waals surface area contributed by atoms with Gasteiger partial charge in [-0.1, -0.05) is 0 Å². The van der Waals surface area contributed by atoms with E-state index >= 15 is 0 Å². The van der Waals surface area contributed by atoms with Crippen molar-refractivity contribution in [3.8, 4) is 10.7 Å². The fourth-order valence-corrected chi connectivity index (χ4v) is 3.67. The zero-order valence-electron chi connectivity index (χ0n) is 9.99. The summed E-state index contributed by atoms with van der Waals surface area (Å²) in [6.07, 6.45) is 6.85. The Morgan fingerprint density at radius 1 is 1.22 bits per heavy atom. The lowest BCUT2D eigenvalue weighted by Gasteiger charge is -2.06. The van der Waals surface area contributed by atoms with Crippen LogP contribution in [0.2, 0.25) is 0 Å². The van der Waals surface area contributed by atoms with E-state index in [-0.39, 0.29) is 0 Å². The average molecular weight is 258 g/mol. The number of nitrogens with one attached hydrogen (secondary N) is 2. The second-order valence-corrected chi connectivity index (χ2v) is 5.88. The number of aromatic nitrogens is 2. The lowest BCUT2D eigenvalue weighted by Crippen LogP contribution is -2.10. The maximum absolute atomic E-state index is 4.75. The van der Waals surface area contributed by atoms with Crippen molar-refractivity contribution in [2.75, 3.05) is 5.43 Å². The van der Waals surface area contributed by atoms with Crippen LogP contribution in [0.4, 0.5) is 5.69 Å². The molecule has 2 N–H and O–H groups in total. The van der Waals surface area contributed by atoms with Crippen molar-refractivity contribution >= 4 is 17.0 Å². The monoisotopic (exact) mass is 258 g/mol. The second-order valence-electron chi connectivity index (χ2n) is 4.80. The van der Waals surface area contributed by atoms with Crippen molar-refractivity contribution in [1.82, 2.24) is 15.4 Å². The highest BCUT2D eigenvalue weighted by Gasteiger charge is 2.18. The van der Waals surface area contributed by atoms with Gasteiger partial charge in [-0.2, -0.15) is 0 Å². The minimum absolute atomic E-state index is 0.844. The first-order valence-corrected chi connectivity index (χ1v) is 7.18. The summed E-state index contributed by atoms with van der Waals surface area (Å²) in [6, 6.07) is 2.10. The summed E-state index contributed by atoms with van der Waals surface area (Å²) in [4.78, 5) is 10.7. The zero-order chi connectivity index (χ0) is 11.9. The average Bonchev–Trinajstić information content (AvgIpc) is 3.04. The lowest BCUT2D eigenvalue weighted by molar-refractivity contribution is 0.682. The van der Waals surface area contributed by atoms with Crippen molar-refractivity contribution in [3.05, 3.63) is 28.4 Å². The normalized spacial score (nSPS) is 17.1. The summed E-state index contributed by atoms with van der Waals surface area (Å²) in [7, 11) is 0. The number of aryl methyl sites for hydroxylation is 2. The predicted molar refractivity (Wildman–Crippen MR) is 72.4 cm³/mol. The molecule has 18 heavy (non-hydrogen) atoms. The Morgan fingerprint density at radius 3 is 3.11 bits per heavy atom. The van der Waals surface area contributed by atoms with Crippen LogP contribution in [-0.2, 0) is 19.4 Å². The van der Waals surface area contributed by atoms with E-state index in [0.29, 0.717) is 0 Å². The van der Waals surface area contributed by atoms with E-state index in [4.69, 9.17) is 4.98 Å². The van der Waals surface area contributed by atoms with E-state index in [1.807, 2.05) is 17.5 Å². The molecule has 5 heteroatoms. The van der Waals surface area contributed by atoms with Crippen LogP contribution in [0.3, 0.4) is 0 Å². The Labute approximate surface area is 109 Å². The third-order valence-corrected chi connectivity index (χ3v) is 4.73. The van der Waals surface area contributed by atoms with Crippen molar-refractivity contribution in [3.63, 3.8) is 0 Å². The first-order chi connectivity index (χ1) is 8.90. The Balaban J connectivity index is 1.76. The van der Waals surface area contributed by atoms with Crippen LogP contribution in [-0.4, -0.2) is 9.97 Å². The molecule has 0 unspecified atom stereocenters. The smallest absolute Gasteiger partial charge is 0.142 e. The Hall–Kier alpha value is -1.46. The molecule has 2 aromatic rings. The molecule has 1 aliphatic carbocycles. The highest BCUT2D eigenvalue weighted by atomic mass is 32.1. The number of anilines is 1. The molecule has 92 valence electrons. The molecule has 2 aromatic heterocycles. The van der Waals surface area contributed by atoms with Crippen molar-refractivity contribution in [2.24, 2.45) is 0 Å². The van der Waals surface area contributed by atoms with Crippen molar-refractivity contribution in [1.29, 1.82) is 0 Å². The van der Waals surface area contributed by atoms with Crippen LogP contribution < -0.4 is 10.9 Å². The highest BCUT2D eigenvalue weighted by molar-refractivity contribution is 7.15. The van der Waals surface area contributed by atoms with Gasteiger partial charge in [0.2, 0.25) is 0 Å². The SMILES string of the molecule is c1nc(-c2nc3c(s2)CCCC3)cc2c1CNN2. The molecule has 0 aromatic carbocycles. The van der Waals surface area contributed by atoms with E-state index in [1.54, 1.807) is 0 Å². The van der Waals surface area contributed by atoms with E-state index < -0.39 is 0 Å². The molecule has 0 radical (unpaired) electrons. The van der Waals surface area contributed by atoms with E-state index in [0.717, 1.165) is 29.4 Å². The van der Waals surface area contributed by atoms with E-state index in [2.05, 4.69) is 21.9 Å². The number of nitrogens with zero attached hydrogens (tertiary/aromatic N) is 2. The number of thiazole rings is 1. The molecule has 0 bridgehead atoms. The fourth-order valence-electron chi connectivity index (χ4n) is 2.55. The van der Waals surface area contributed by atoms with Crippen LogP contribution in [0.25, 0.3) is 10.7 Å². The standard InChI is InChI=1S/C13H14N4S/c1-2-4-12-9(3-1)16-13(18-12)11-5-10-8(6-14-11)7-15-17-10/h5-6,15,17H,1-4,7H2. The maximum Gasteiger partial charge on any atom is 0.142 e. The van der Waals surface area contributed by atoms with Gasteiger partial charge in [0.25, 0.3) is 0 Å². The van der Waals surface area contributed by atoms with Crippen LogP contribution in [0.1, 0.15) is 29.0 Å². The van der Waals surface area contributed by atoms with Crippen LogP contribution in [0.5, 0.6) is 0 Å². The van der Waals surface area contributed by atoms with Crippen molar-refractivity contribution in [2.45, 2.75) is 32.2 Å². The lowest BCUT2D eigenvalue weighted by atomic mass is 10.0. The largest absolute Gasteiger partial charge is 0.321 e. The van der Waals surface area contributed by atoms with Gasteiger partial charge in [0.15, 0.2) is 0 Å². The summed E-state index contributed by atoms with van der Waals surface area (Å²) >= 11 is 1.81. The maximum atomic E-state index is 4.75. The molecular formula is C13H14N4S. The van der Waals surface area contributed by atoms with Crippen LogP contribution >= 0.6 is 11.3 Å². The molecule has 4 nitrogen and oxygen atoms in total. The zero-order valence-corrected chi connectivity index (χ0v) is 10.8. The number of hydrogen-bond donors (Lipinski definition) is 2. The van der Waals surface area contributed by atoms with Gasteiger partial charge in [0.05, 0.1) is 11.4 Å². The van der Waals surface area contributed by atoms with Crippen LogP contribution in [0, 0.1) is 0 Å². The van der Waals surface area contributed by atoms with E-state index in [1.165, 1.54) is 35.4 Å². The van der Waals surface area contributed by atoms with Gasteiger partial charge in [0, 0.05) is 23.2 Å². The van der Waals surface area contributed by atoms with Crippen LogP contribution in [0.15, 0.2) is 12.3 Å². The van der Waals surface area contributed by atoms with Gasteiger partial charge in [-0.05, 0) is 31.7 Å². The Kier molecular flexibility index (Phi) is 2.34. The molecule has 1 aliphatic heterocycles. The molecular weight excluding hydrogens is 244 g/mol. The number of pyridine rings is 1. The van der Waals surface area contributed by atoms with Crippen molar-refractivity contribution < 1.29 is 0 Å². The molecule has 0 saturated carbocycles. The molecule has 0 spiro atoms. The topological polar surface area (TPSA) is 49.8 Å². The third kappa shape index (κ3) is 1.62. The molecule has 2 aliphatic rings. The summed E-state index contributed by atoms with van der Waals surface area (Å²) in [5.41, 5.74) is 10.9. The number of hydrogen-bond acceptors (Lipinski definition) is 5. The summed E-state index contributed by atoms with van der Waals surface area (Å²) in [5.74, 6) is 0. The number of fused-ring (bicyclic) bond motifs is 2. The summed E-state index contributed by atoms with van der Waals surface area (Å²) in [5, 5.41) is 1.07. The van der Waals surface area contributed by atoms with Gasteiger partial charge in [0.1, 0.15) is 10.7 Å². The van der Waals surface area contributed by atoms with Gasteiger partial charge in [-0.15, -0.1) is 11.3 Å². The third-order valence-electron chi connectivity index (χ3n) is 3.55. The van der Waals surface area contributed by atoms with E-state index in [9.17, 15) is 0 Å². The van der Waals surface area contributed by atoms with Gasteiger partial charge in [-0.25, -0.2) is 10.4 Å². The second kappa shape index (κ2) is 4.03. The minimum atomic E-state index is 0.844. The molecule has 0 atom stereocenters. The van der Waals surface area contributed by atoms with Gasteiger partial charge < -0.3 is 5.43 Å². The predicted octanol–water partition coefficient (Wildman–Crippen LogP) is 2.51. The minimum Gasteiger partial charge on any atom is -0.321 e. The molecule has 4 rings (SSSR count). The van der Waals surface area contributed by atoms with Gasteiger partial charge in [-0.3, -0.25) is 4.98 Å². The summed E-state index contributed by atoms with van der Waals surface area (Å²) < 4.78 is 0. The molecule has 0 amide bonds. The first kappa shape index (κ1) is 10.5. The number of hydrazine groups is 1. The Bertz CT molecular complexity index is 582. The number of rotatable bonds is 1. The van der Waals surface area contributed by atoms with Gasteiger partial charge >= 0.3 is 0 Å². The molecule has 0 saturated heterocycles. The fraction of sp³-hybridized carbons (Fsp3) is 0.385. The highest BCUT2D eigenvalue weighted by Crippen LogP contribution is 2.33. The molecule has 3 heterocycles. The Morgan fingerprint density at radius 2 is 2.17 bits per heavy atom.